The molecule has 2 heteroatoms. The van der Waals surface area contributed by atoms with E-state index in [1.807, 2.05) is 0 Å². The van der Waals surface area contributed by atoms with E-state index in [0.29, 0.717) is 5.41 Å². The molecular formula is C15H27NO. The maximum atomic E-state index is 6.17. The Morgan fingerprint density at radius 2 is 1.53 bits per heavy atom. The standard InChI is InChI=1S/C15H27NO/c1-14(2,3)11-13(17-15(4,5)6)12-16-9-7-8-10-16/h7-10,13H,11-12H2,1-6H3. The molecule has 0 aliphatic heterocycles. The molecule has 2 nitrogen and oxygen atoms in total. The van der Waals surface area contributed by atoms with Gasteiger partial charge in [-0.25, -0.2) is 0 Å². The smallest absolute Gasteiger partial charge is 0.0765 e. The summed E-state index contributed by atoms with van der Waals surface area (Å²) in [5.74, 6) is 0. The molecule has 0 saturated heterocycles. The van der Waals surface area contributed by atoms with Crippen LogP contribution in [-0.2, 0) is 11.3 Å². The molecule has 0 fully saturated rings. The van der Waals surface area contributed by atoms with Gasteiger partial charge in [0, 0.05) is 18.9 Å². The van der Waals surface area contributed by atoms with Gasteiger partial charge in [-0.3, -0.25) is 0 Å². The lowest BCUT2D eigenvalue weighted by Gasteiger charge is -2.32. The summed E-state index contributed by atoms with van der Waals surface area (Å²) >= 11 is 0. The highest BCUT2D eigenvalue weighted by molar-refractivity contribution is 4.91. The molecule has 0 amide bonds. The molecule has 0 spiro atoms. The van der Waals surface area contributed by atoms with Crippen LogP contribution in [0.25, 0.3) is 0 Å². The zero-order valence-electron chi connectivity index (χ0n) is 12.2. The molecule has 0 aromatic carbocycles. The number of hydrogen-bond acceptors (Lipinski definition) is 1. The van der Waals surface area contributed by atoms with Crippen LogP contribution >= 0.6 is 0 Å². The van der Waals surface area contributed by atoms with Crippen molar-refractivity contribution < 1.29 is 4.74 Å². The van der Waals surface area contributed by atoms with Gasteiger partial charge in [0.05, 0.1) is 11.7 Å². The second-order valence-corrected chi connectivity index (χ2v) is 7.00. The molecular weight excluding hydrogens is 210 g/mol. The molecule has 1 aromatic heterocycles. The van der Waals surface area contributed by atoms with Crippen molar-refractivity contribution >= 4 is 0 Å². The summed E-state index contributed by atoms with van der Waals surface area (Å²) in [7, 11) is 0. The van der Waals surface area contributed by atoms with Gasteiger partial charge in [0.15, 0.2) is 0 Å². The normalized spacial score (nSPS) is 14.9. The van der Waals surface area contributed by atoms with E-state index in [1.54, 1.807) is 0 Å². The second-order valence-electron chi connectivity index (χ2n) is 7.00. The lowest BCUT2D eigenvalue weighted by molar-refractivity contribution is -0.0804. The Bertz CT molecular complexity index is 298. The van der Waals surface area contributed by atoms with Crippen molar-refractivity contribution in [2.24, 2.45) is 5.41 Å². The fourth-order valence-electron chi connectivity index (χ4n) is 2.05. The molecule has 1 heterocycles. The van der Waals surface area contributed by atoms with Gasteiger partial charge in [0.2, 0.25) is 0 Å². The third-order valence-corrected chi connectivity index (χ3v) is 2.44. The van der Waals surface area contributed by atoms with Crippen LogP contribution in [0.1, 0.15) is 48.0 Å². The Morgan fingerprint density at radius 3 is 1.94 bits per heavy atom. The van der Waals surface area contributed by atoms with Crippen molar-refractivity contribution in [1.82, 2.24) is 4.57 Å². The Morgan fingerprint density at radius 1 is 1.00 bits per heavy atom. The van der Waals surface area contributed by atoms with Crippen molar-refractivity contribution in [2.75, 3.05) is 0 Å². The van der Waals surface area contributed by atoms with E-state index in [1.165, 1.54) is 0 Å². The van der Waals surface area contributed by atoms with E-state index in [9.17, 15) is 0 Å². The molecule has 0 aliphatic rings. The molecule has 17 heavy (non-hydrogen) atoms. The number of rotatable bonds is 4. The predicted molar refractivity (Wildman–Crippen MR) is 73.1 cm³/mol. The van der Waals surface area contributed by atoms with E-state index in [4.69, 9.17) is 4.74 Å². The summed E-state index contributed by atoms with van der Waals surface area (Å²) in [6.07, 6.45) is 5.54. The van der Waals surface area contributed by atoms with Crippen molar-refractivity contribution in [2.45, 2.75) is 66.2 Å². The van der Waals surface area contributed by atoms with Crippen LogP contribution in [0.15, 0.2) is 24.5 Å². The van der Waals surface area contributed by atoms with Crippen molar-refractivity contribution in [3.8, 4) is 0 Å². The number of aromatic nitrogens is 1. The molecule has 98 valence electrons. The van der Waals surface area contributed by atoms with Crippen LogP contribution in [-0.4, -0.2) is 16.3 Å². The van der Waals surface area contributed by atoms with E-state index >= 15 is 0 Å². The fraction of sp³-hybridized carbons (Fsp3) is 0.733. The van der Waals surface area contributed by atoms with Gasteiger partial charge in [0.1, 0.15) is 0 Å². The largest absolute Gasteiger partial charge is 0.371 e. The summed E-state index contributed by atoms with van der Waals surface area (Å²) in [6.45, 7) is 14.1. The van der Waals surface area contributed by atoms with Gasteiger partial charge in [-0.05, 0) is 44.7 Å². The first-order chi connectivity index (χ1) is 7.66. The van der Waals surface area contributed by atoms with Crippen molar-refractivity contribution in [3.05, 3.63) is 24.5 Å². The highest BCUT2D eigenvalue weighted by Crippen LogP contribution is 2.26. The Kier molecular flexibility index (Phi) is 4.42. The van der Waals surface area contributed by atoms with Crippen LogP contribution in [0.3, 0.4) is 0 Å². The molecule has 0 radical (unpaired) electrons. The van der Waals surface area contributed by atoms with Crippen LogP contribution < -0.4 is 0 Å². The minimum atomic E-state index is -0.0803. The third-order valence-electron chi connectivity index (χ3n) is 2.44. The minimum absolute atomic E-state index is 0.0803. The highest BCUT2D eigenvalue weighted by Gasteiger charge is 2.24. The molecule has 1 atom stereocenters. The third kappa shape index (κ3) is 6.52. The van der Waals surface area contributed by atoms with Gasteiger partial charge < -0.3 is 9.30 Å². The summed E-state index contributed by atoms with van der Waals surface area (Å²) in [5.41, 5.74) is 0.214. The molecule has 1 aromatic rings. The zero-order chi connectivity index (χ0) is 13.1. The van der Waals surface area contributed by atoms with Gasteiger partial charge in [0.25, 0.3) is 0 Å². The first-order valence-electron chi connectivity index (χ1n) is 6.44. The summed E-state index contributed by atoms with van der Waals surface area (Å²) in [6, 6.07) is 4.12. The number of nitrogens with zero attached hydrogens (tertiary/aromatic N) is 1. The average molecular weight is 237 g/mol. The first-order valence-corrected chi connectivity index (χ1v) is 6.44. The molecule has 0 N–H and O–H groups in total. The van der Waals surface area contributed by atoms with Crippen LogP contribution in [0.2, 0.25) is 0 Å². The van der Waals surface area contributed by atoms with Crippen LogP contribution in [0.5, 0.6) is 0 Å². The monoisotopic (exact) mass is 237 g/mol. The van der Waals surface area contributed by atoms with E-state index in [-0.39, 0.29) is 11.7 Å². The van der Waals surface area contributed by atoms with Crippen LogP contribution in [0, 0.1) is 5.41 Å². The van der Waals surface area contributed by atoms with Crippen LogP contribution in [0.4, 0.5) is 0 Å². The number of ether oxygens (including phenoxy) is 1. The van der Waals surface area contributed by atoms with E-state index in [2.05, 4.69) is 70.6 Å². The summed E-state index contributed by atoms with van der Waals surface area (Å²) in [5, 5.41) is 0. The molecule has 1 rings (SSSR count). The number of hydrogen-bond donors (Lipinski definition) is 0. The van der Waals surface area contributed by atoms with Gasteiger partial charge >= 0.3 is 0 Å². The minimum Gasteiger partial charge on any atom is -0.371 e. The molecule has 0 aliphatic carbocycles. The Labute approximate surface area is 106 Å². The molecule has 0 saturated carbocycles. The maximum absolute atomic E-state index is 6.17. The summed E-state index contributed by atoms with van der Waals surface area (Å²) < 4.78 is 8.36. The molecule has 1 unspecified atom stereocenters. The van der Waals surface area contributed by atoms with Gasteiger partial charge in [-0.2, -0.15) is 0 Å². The van der Waals surface area contributed by atoms with Gasteiger partial charge in [-0.15, -0.1) is 0 Å². The Balaban J connectivity index is 2.65. The zero-order valence-corrected chi connectivity index (χ0v) is 12.2. The van der Waals surface area contributed by atoms with Crippen molar-refractivity contribution in [3.63, 3.8) is 0 Å². The Hall–Kier alpha value is -0.760. The SMILES string of the molecule is CC(C)(C)CC(Cn1cccc1)OC(C)(C)C. The quantitative estimate of drug-likeness (QED) is 0.768. The fourth-order valence-corrected chi connectivity index (χ4v) is 2.05. The summed E-state index contributed by atoms with van der Waals surface area (Å²) in [4.78, 5) is 0. The average Bonchev–Trinajstić information content (AvgIpc) is 2.49. The lowest BCUT2D eigenvalue weighted by atomic mass is 9.89. The maximum Gasteiger partial charge on any atom is 0.0765 e. The van der Waals surface area contributed by atoms with Gasteiger partial charge in [-0.1, -0.05) is 20.8 Å². The second kappa shape index (κ2) is 5.26. The topological polar surface area (TPSA) is 14.2 Å². The highest BCUT2D eigenvalue weighted by atomic mass is 16.5. The van der Waals surface area contributed by atoms with Crippen molar-refractivity contribution in [1.29, 1.82) is 0 Å². The van der Waals surface area contributed by atoms with E-state index < -0.39 is 0 Å². The first kappa shape index (κ1) is 14.3. The molecule has 0 bridgehead atoms. The van der Waals surface area contributed by atoms with E-state index in [0.717, 1.165) is 13.0 Å². The predicted octanol–water partition coefficient (Wildman–Crippen LogP) is 4.11. The lowest BCUT2D eigenvalue weighted by Crippen LogP contribution is -2.33.